The van der Waals surface area contributed by atoms with Gasteiger partial charge in [-0.05, 0) is 37.1 Å². The first-order valence-corrected chi connectivity index (χ1v) is 7.43. The number of nitrogens with one attached hydrogen (secondary N) is 1. The summed E-state index contributed by atoms with van der Waals surface area (Å²) in [4.78, 5) is 4.14. The number of anilines is 1. The second-order valence-electron chi connectivity index (χ2n) is 4.67. The Hall–Kier alpha value is -1.93. The number of aromatic amines is 1. The lowest BCUT2D eigenvalue weighted by molar-refractivity contribution is 0.457. The monoisotopic (exact) mass is 295 g/mol. The van der Waals surface area contributed by atoms with Crippen LogP contribution in [0.15, 0.2) is 23.4 Å². The molecular weight excluding hydrogens is 278 g/mol. The van der Waals surface area contributed by atoms with Gasteiger partial charge in [0, 0.05) is 12.7 Å². The van der Waals surface area contributed by atoms with Crippen LogP contribution in [0.5, 0.6) is 0 Å². The summed E-state index contributed by atoms with van der Waals surface area (Å²) in [7, 11) is -2.13. The van der Waals surface area contributed by atoms with Gasteiger partial charge >= 0.3 is 0 Å². The van der Waals surface area contributed by atoms with Gasteiger partial charge in [-0.25, -0.2) is 13.4 Å². The Balaban J connectivity index is 2.40. The zero-order valence-electron chi connectivity index (χ0n) is 11.6. The summed E-state index contributed by atoms with van der Waals surface area (Å²) in [6, 6.07) is 3.38. The number of nitrogens with two attached hydrogens (primary N) is 1. The van der Waals surface area contributed by atoms with Gasteiger partial charge in [-0.1, -0.05) is 0 Å². The van der Waals surface area contributed by atoms with Crippen molar-refractivity contribution in [2.75, 3.05) is 12.8 Å². The fraction of sp³-hybridized carbons (Fsp3) is 0.333. The van der Waals surface area contributed by atoms with Crippen LogP contribution in [0.2, 0.25) is 0 Å². The van der Waals surface area contributed by atoms with Crippen LogP contribution in [-0.4, -0.2) is 35.0 Å². The van der Waals surface area contributed by atoms with Crippen molar-refractivity contribution >= 4 is 15.7 Å². The van der Waals surface area contributed by atoms with Crippen molar-refractivity contribution in [3.8, 4) is 0 Å². The molecule has 0 spiro atoms. The highest BCUT2D eigenvalue weighted by atomic mass is 32.2. The Bertz CT molecular complexity index is 710. The molecule has 108 valence electrons. The summed E-state index contributed by atoms with van der Waals surface area (Å²) in [5, 5.41) is 6.34. The SMILES string of the molecule is Cc1cc(N)c(C)c(S(=O)(=O)N(C)Cc2ncn[nH]2)c1. The van der Waals surface area contributed by atoms with Crippen molar-refractivity contribution < 1.29 is 8.42 Å². The molecule has 20 heavy (non-hydrogen) atoms. The third-order valence-corrected chi connectivity index (χ3v) is 5.00. The number of aromatic nitrogens is 3. The molecule has 0 aliphatic rings. The van der Waals surface area contributed by atoms with Crippen LogP contribution in [0, 0.1) is 13.8 Å². The Morgan fingerprint density at radius 1 is 1.35 bits per heavy atom. The van der Waals surface area contributed by atoms with Gasteiger partial charge in [0.15, 0.2) is 0 Å². The van der Waals surface area contributed by atoms with Gasteiger partial charge in [0.2, 0.25) is 10.0 Å². The van der Waals surface area contributed by atoms with Crippen LogP contribution in [0.3, 0.4) is 0 Å². The summed E-state index contributed by atoms with van der Waals surface area (Å²) in [5.74, 6) is 0.481. The Morgan fingerprint density at radius 3 is 2.65 bits per heavy atom. The van der Waals surface area contributed by atoms with Crippen LogP contribution in [0.25, 0.3) is 0 Å². The highest BCUT2D eigenvalue weighted by molar-refractivity contribution is 7.89. The van der Waals surface area contributed by atoms with E-state index in [4.69, 9.17) is 5.73 Å². The summed E-state index contributed by atoms with van der Waals surface area (Å²) < 4.78 is 26.4. The van der Waals surface area contributed by atoms with Gasteiger partial charge in [0.05, 0.1) is 11.4 Å². The number of H-pyrrole nitrogens is 1. The molecule has 3 N–H and O–H groups in total. The molecule has 0 bridgehead atoms. The van der Waals surface area contributed by atoms with Gasteiger partial charge < -0.3 is 5.73 Å². The molecule has 0 fully saturated rings. The lowest BCUT2D eigenvalue weighted by atomic mass is 10.1. The van der Waals surface area contributed by atoms with E-state index in [0.717, 1.165) is 5.56 Å². The lowest BCUT2D eigenvalue weighted by Gasteiger charge is -2.18. The molecule has 0 atom stereocenters. The predicted octanol–water partition coefficient (Wildman–Crippen LogP) is 0.824. The molecule has 2 rings (SSSR count). The van der Waals surface area contributed by atoms with Gasteiger partial charge in [-0.15, -0.1) is 0 Å². The maximum absolute atomic E-state index is 12.6. The Labute approximate surface area is 117 Å². The van der Waals surface area contributed by atoms with E-state index in [1.54, 1.807) is 19.1 Å². The summed E-state index contributed by atoms with van der Waals surface area (Å²) >= 11 is 0. The minimum absolute atomic E-state index is 0.121. The minimum Gasteiger partial charge on any atom is -0.398 e. The number of rotatable bonds is 4. The molecule has 2 aromatic rings. The standard InChI is InChI=1S/C12H17N5O2S/c1-8-4-10(13)9(2)11(5-8)20(18,19)17(3)6-12-14-7-15-16-12/h4-5,7H,6,13H2,1-3H3,(H,14,15,16). The molecule has 1 heterocycles. The largest absolute Gasteiger partial charge is 0.398 e. The van der Waals surface area contributed by atoms with Gasteiger partial charge in [-0.2, -0.15) is 9.40 Å². The molecule has 7 nitrogen and oxygen atoms in total. The first-order valence-electron chi connectivity index (χ1n) is 5.99. The number of aryl methyl sites for hydroxylation is 1. The number of nitrogens with zero attached hydrogens (tertiary/aromatic N) is 3. The van der Waals surface area contributed by atoms with E-state index in [9.17, 15) is 8.42 Å². The highest BCUT2D eigenvalue weighted by Crippen LogP contribution is 2.25. The second-order valence-corrected chi connectivity index (χ2v) is 6.68. The molecule has 0 radical (unpaired) electrons. The zero-order chi connectivity index (χ0) is 14.9. The van der Waals surface area contributed by atoms with E-state index >= 15 is 0 Å². The van der Waals surface area contributed by atoms with Gasteiger partial charge in [-0.3, -0.25) is 5.10 Å². The average Bonchev–Trinajstić information content (AvgIpc) is 2.86. The normalized spacial score (nSPS) is 12.0. The first kappa shape index (κ1) is 14.5. The smallest absolute Gasteiger partial charge is 0.243 e. The highest BCUT2D eigenvalue weighted by Gasteiger charge is 2.24. The van der Waals surface area contributed by atoms with Crippen molar-refractivity contribution in [2.24, 2.45) is 0 Å². The summed E-state index contributed by atoms with van der Waals surface area (Å²) in [6.07, 6.45) is 1.34. The van der Waals surface area contributed by atoms with Crippen LogP contribution >= 0.6 is 0 Å². The van der Waals surface area contributed by atoms with Crippen LogP contribution in [0.1, 0.15) is 17.0 Å². The third kappa shape index (κ3) is 2.66. The lowest BCUT2D eigenvalue weighted by Crippen LogP contribution is -2.28. The summed E-state index contributed by atoms with van der Waals surface area (Å²) in [5.41, 5.74) is 7.67. The molecular formula is C12H17N5O2S. The molecule has 0 unspecified atom stereocenters. The maximum Gasteiger partial charge on any atom is 0.243 e. The quantitative estimate of drug-likeness (QED) is 0.813. The predicted molar refractivity (Wildman–Crippen MR) is 75.4 cm³/mol. The summed E-state index contributed by atoms with van der Waals surface area (Å²) in [6.45, 7) is 3.63. The van der Waals surface area contributed by atoms with Gasteiger partial charge in [0.1, 0.15) is 12.2 Å². The number of hydrogen-bond acceptors (Lipinski definition) is 5. The zero-order valence-corrected chi connectivity index (χ0v) is 12.4. The Kier molecular flexibility index (Phi) is 3.78. The number of nitrogen functional groups attached to an aromatic ring is 1. The van der Waals surface area contributed by atoms with Crippen molar-refractivity contribution in [1.29, 1.82) is 0 Å². The van der Waals surface area contributed by atoms with E-state index < -0.39 is 10.0 Å². The fourth-order valence-corrected chi connectivity index (χ4v) is 3.36. The van der Waals surface area contributed by atoms with Crippen molar-refractivity contribution in [1.82, 2.24) is 19.5 Å². The average molecular weight is 295 g/mol. The minimum atomic E-state index is -3.63. The van der Waals surface area contributed by atoms with Crippen molar-refractivity contribution in [2.45, 2.75) is 25.3 Å². The molecule has 8 heteroatoms. The van der Waals surface area contributed by atoms with E-state index in [0.29, 0.717) is 17.1 Å². The van der Waals surface area contributed by atoms with E-state index in [1.807, 2.05) is 6.92 Å². The number of hydrogen-bond donors (Lipinski definition) is 2. The molecule has 1 aromatic heterocycles. The molecule has 0 aliphatic carbocycles. The molecule has 0 amide bonds. The second kappa shape index (κ2) is 5.22. The fourth-order valence-electron chi connectivity index (χ4n) is 1.89. The van der Waals surface area contributed by atoms with E-state index in [1.165, 1.54) is 17.7 Å². The molecule has 0 aliphatic heterocycles. The molecule has 0 saturated carbocycles. The molecule has 0 saturated heterocycles. The van der Waals surface area contributed by atoms with Crippen LogP contribution < -0.4 is 5.73 Å². The number of benzene rings is 1. The topological polar surface area (TPSA) is 105 Å². The first-order chi connectivity index (χ1) is 9.32. The van der Waals surface area contributed by atoms with Crippen molar-refractivity contribution in [3.05, 3.63) is 35.4 Å². The number of sulfonamides is 1. The van der Waals surface area contributed by atoms with Crippen molar-refractivity contribution in [3.63, 3.8) is 0 Å². The third-order valence-electron chi connectivity index (χ3n) is 3.07. The van der Waals surface area contributed by atoms with Crippen LogP contribution in [0.4, 0.5) is 5.69 Å². The van der Waals surface area contributed by atoms with Crippen LogP contribution in [-0.2, 0) is 16.6 Å². The maximum atomic E-state index is 12.6. The van der Waals surface area contributed by atoms with E-state index in [-0.39, 0.29) is 11.4 Å². The van der Waals surface area contributed by atoms with Gasteiger partial charge in [0.25, 0.3) is 0 Å². The molecule has 1 aromatic carbocycles. The Morgan fingerprint density at radius 2 is 2.05 bits per heavy atom. The van der Waals surface area contributed by atoms with E-state index in [2.05, 4.69) is 15.2 Å².